The molecule has 0 radical (unpaired) electrons. The van der Waals surface area contributed by atoms with Gasteiger partial charge in [0.25, 0.3) is 0 Å². The average Bonchev–Trinajstić information content (AvgIpc) is 2.73. The fourth-order valence-corrected chi connectivity index (χ4v) is 1.49. The number of nitrogens with zero attached hydrogens (tertiary/aromatic N) is 2. The number of benzene rings is 1. The Morgan fingerprint density at radius 3 is 2.56 bits per heavy atom. The average molecular weight is 214 g/mol. The molecule has 2 rings (SSSR count). The lowest BCUT2D eigenvalue weighted by molar-refractivity contribution is 0.186. The van der Waals surface area contributed by atoms with Gasteiger partial charge < -0.3 is 5.21 Å². The van der Waals surface area contributed by atoms with Crippen LogP contribution in [0.5, 0.6) is 0 Å². The molecule has 3 heteroatoms. The van der Waals surface area contributed by atoms with Gasteiger partial charge in [-0.2, -0.15) is 4.73 Å². The van der Waals surface area contributed by atoms with Crippen LogP contribution in [-0.4, -0.2) is 16.2 Å². The fraction of sp³-hybridized carbons (Fsp3) is 0.154. The lowest BCUT2D eigenvalue weighted by Crippen LogP contribution is -1.96. The number of hydrogen-bond donors (Lipinski definition) is 1. The lowest BCUT2D eigenvalue weighted by Gasteiger charge is -2.05. The number of aliphatic imine (C=N–C) groups is 1. The summed E-state index contributed by atoms with van der Waals surface area (Å²) in [4.78, 5) is 4.39. The van der Waals surface area contributed by atoms with Crippen LogP contribution >= 0.6 is 0 Å². The zero-order valence-corrected chi connectivity index (χ0v) is 9.12. The van der Waals surface area contributed by atoms with E-state index in [9.17, 15) is 5.21 Å². The molecule has 1 atom stereocenters. The van der Waals surface area contributed by atoms with Gasteiger partial charge in [0.2, 0.25) is 0 Å². The normalized spacial score (nSPS) is 13.1. The van der Waals surface area contributed by atoms with Crippen LogP contribution in [0.4, 0.5) is 0 Å². The van der Waals surface area contributed by atoms with Gasteiger partial charge in [0, 0.05) is 12.4 Å². The van der Waals surface area contributed by atoms with E-state index in [0.717, 1.165) is 10.3 Å². The summed E-state index contributed by atoms with van der Waals surface area (Å²) in [7, 11) is 0. The van der Waals surface area contributed by atoms with Gasteiger partial charge in [-0.1, -0.05) is 30.3 Å². The van der Waals surface area contributed by atoms with Crippen LogP contribution < -0.4 is 0 Å². The van der Waals surface area contributed by atoms with Crippen LogP contribution in [0.15, 0.2) is 53.7 Å². The highest BCUT2D eigenvalue weighted by atomic mass is 16.5. The smallest absolute Gasteiger partial charge is 0.0971 e. The summed E-state index contributed by atoms with van der Waals surface area (Å²) in [6.45, 7) is 2.02. The molecule has 0 fully saturated rings. The van der Waals surface area contributed by atoms with Crippen molar-refractivity contribution in [3.05, 3.63) is 59.9 Å². The summed E-state index contributed by atoms with van der Waals surface area (Å²) in [5.41, 5.74) is 1.84. The summed E-state index contributed by atoms with van der Waals surface area (Å²) >= 11 is 0. The molecule has 0 bridgehead atoms. The third kappa shape index (κ3) is 2.31. The van der Waals surface area contributed by atoms with E-state index < -0.39 is 0 Å². The minimum atomic E-state index is 0.0936. The maximum Gasteiger partial charge on any atom is 0.0971 e. The molecule has 0 aliphatic rings. The van der Waals surface area contributed by atoms with E-state index >= 15 is 0 Å². The molecule has 16 heavy (non-hydrogen) atoms. The van der Waals surface area contributed by atoms with Crippen LogP contribution in [0.25, 0.3) is 0 Å². The minimum Gasteiger partial charge on any atom is -0.428 e. The Hall–Kier alpha value is -2.03. The van der Waals surface area contributed by atoms with E-state index in [4.69, 9.17) is 0 Å². The van der Waals surface area contributed by atoms with Crippen molar-refractivity contribution >= 4 is 6.21 Å². The number of rotatable bonds is 3. The highest BCUT2D eigenvalue weighted by molar-refractivity contribution is 5.77. The zero-order valence-electron chi connectivity index (χ0n) is 9.12. The predicted octanol–water partition coefficient (Wildman–Crippen LogP) is 2.91. The zero-order chi connectivity index (χ0) is 11.4. The topological polar surface area (TPSA) is 37.5 Å². The Morgan fingerprint density at radius 1 is 1.19 bits per heavy atom. The maximum absolute atomic E-state index is 9.36. The van der Waals surface area contributed by atoms with Crippen LogP contribution in [0.2, 0.25) is 0 Å². The van der Waals surface area contributed by atoms with E-state index in [1.807, 2.05) is 37.3 Å². The Balaban J connectivity index is 2.11. The molecule has 2 aromatic rings. The molecule has 0 aliphatic heterocycles. The van der Waals surface area contributed by atoms with E-state index in [2.05, 4.69) is 4.99 Å². The third-order valence-electron chi connectivity index (χ3n) is 2.47. The largest absolute Gasteiger partial charge is 0.428 e. The van der Waals surface area contributed by atoms with Crippen LogP contribution in [0.1, 0.15) is 24.2 Å². The molecule has 0 saturated heterocycles. The van der Waals surface area contributed by atoms with E-state index in [1.54, 1.807) is 24.5 Å². The molecular weight excluding hydrogens is 200 g/mol. The maximum atomic E-state index is 9.36. The van der Waals surface area contributed by atoms with Gasteiger partial charge in [-0.15, -0.1) is 0 Å². The lowest BCUT2D eigenvalue weighted by atomic mass is 10.1. The number of hydrogen-bond acceptors (Lipinski definition) is 2. The summed E-state index contributed by atoms with van der Waals surface area (Å²) < 4.78 is 1.06. The highest BCUT2D eigenvalue weighted by Crippen LogP contribution is 2.15. The van der Waals surface area contributed by atoms with E-state index in [0.29, 0.717) is 5.69 Å². The Morgan fingerprint density at radius 2 is 1.94 bits per heavy atom. The first-order valence-corrected chi connectivity index (χ1v) is 5.22. The standard InChI is InChI=1S/C13H14N2O/c1-11(12-6-3-2-4-7-12)14-10-13-8-5-9-15(13)16/h2-11,16H,1H3. The van der Waals surface area contributed by atoms with Gasteiger partial charge in [0.1, 0.15) is 0 Å². The molecule has 0 saturated carbocycles. The van der Waals surface area contributed by atoms with E-state index in [-0.39, 0.29) is 6.04 Å². The van der Waals surface area contributed by atoms with Crippen molar-refractivity contribution in [1.82, 2.24) is 4.73 Å². The highest BCUT2D eigenvalue weighted by Gasteiger charge is 2.01. The van der Waals surface area contributed by atoms with Crippen molar-refractivity contribution in [2.75, 3.05) is 0 Å². The Labute approximate surface area is 94.6 Å². The van der Waals surface area contributed by atoms with Gasteiger partial charge in [-0.3, -0.25) is 4.99 Å². The van der Waals surface area contributed by atoms with Crippen LogP contribution in [-0.2, 0) is 0 Å². The summed E-state index contributed by atoms with van der Waals surface area (Å²) in [5, 5.41) is 9.36. The first kappa shape index (κ1) is 10.5. The van der Waals surface area contributed by atoms with Crippen molar-refractivity contribution in [2.24, 2.45) is 4.99 Å². The molecule has 82 valence electrons. The molecule has 0 amide bonds. The van der Waals surface area contributed by atoms with Gasteiger partial charge in [-0.05, 0) is 24.6 Å². The van der Waals surface area contributed by atoms with Gasteiger partial charge in [0.05, 0.1) is 11.7 Å². The first-order chi connectivity index (χ1) is 7.77. The van der Waals surface area contributed by atoms with Gasteiger partial charge >= 0.3 is 0 Å². The fourth-order valence-electron chi connectivity index (χ4n) is 1.49. The van der Waals surface area contributed by atoms with Crippen LogP contribution in [0.3, 0.4) is 0 Å². The van der Waals surface area contributed by atoms with Crippen molar-refractivity contribution in [3.8, 4) is 0 Å². The molecule has 1 N–H and O–H groups in total. The molecule has 1 aromatic heterocycles. The van der Waals surface area contributed by atoms with Gasteiger partial charge in [0.15, 0.2) is 0 Å². The molecular formula is C13H14N2O. The molecule has 1 heterocycles. The second-order valence-electron chi connectivity index (χ2n) is 3.64. The van der Waals surface area contributed by atoms with Crippen LogP contribution in [0, 0.1) is 0 Å². The summed E-state index contributed by atoms with van der Waals surface area (Å²) in [6.07, 6.45) is 3.26. The molecule has 0 spiro atoms. The van der Waals surface area contributed by atoms with E-state index in [1.165, 1.54) is 0 Å². The summed E-state index contributed by atoms with van der Waals surface area (Å²) in [5.74, 6) is 0. The Kier molecular flexibility index (Phi) is 3.05. The second kappa shape index (κ2) is 4.66. The Bertz CT molecular complexity index is 474. The quantitative estimate of drug-likeness (QED) is 0.619. The molecule has 0 aliphatic carbocycles. The number of aromatic nitrogens is 1. The first-order valence-electron chi connectivity index (χ1n) is 5.22. The SMILES string of the molecule is CC(N=Cc1cccn1O)c1ccccc1. The van der Waals surface area contributed by atoms with Gasteiger partial charge in [-0.25, -0.2) is 0 Å². The van der Waals surface area contributed by atoms with Crippen molar-refractivity contribution < 1.29 is 5.21 Å². The summed E-state index contributed by atoms with van der Waals surface area (Å²) in [6, 6.07) is 13.7. The molecule has 1 aromatic carbocycles. The van der Waals surface area contributed by atoms with Crippen molar-refractivity contribution in [2.45, 2.75) is 13.0 Å². The monoisotopic (exact) mass is 214 g/mol. The third-order valence-corrected chi connectivity index (χ3v) is 2.47. The molecule has 1 unspecified atom stereocenters. The van der Waals surface area contributed by atoms with Crippen molar-refractivity contribution in [1.29, 1.82) is 0 Å². The molecule has 3 nitrogen and oxygen atoms in total. The second-order valence-corrected chi connectivity index (χ2v) is 3.64. The minimum absolute atomic E-state index is 0.0936. The van der Waals surface area contributed by atoms with Crippen molar-refractivity contribution in [3.63, 3.8) is 0 Å². The predicted molar refractivity (Wildman–Crippen MR) is 64.1 cm³/mol.